The van der Waals surface area contributed by atoms with Crippen LogP contribution in [0.3, 0.4) is 0 Å². The topological polar surface area (TPSA) is 0 Å². The van der Waals surface area contributed by atoms with Gasteiger partial charge in [-0.2, -0.15) is 99.3 Å². The number of allylic oxidation sites excluding steroid dienone is 5. The molecule has 0 aliphatic carbocycles. The van der Waals surface area contributed by atoms with Gasteiger partial charge in [-0.15, -0.1) is 0 Å². The van der Waals surface area contributed by atoms with E-state index in [9.17, 15) is 0 Å². The predicted molar refractivity (Wildman–Crippen MR) is 296 cm³/mol. The largest absolute Gasteiger partial charge is 2.00 e. The summed E-state index contributed by atoms with van der Waals surface area (Å²) in [6.07, 6.45) is 6.33. The molecular weight excluding hydrogens is 1460 g/mol. The predicted octanol–water partition coefficient (Wildman–Crippen LogP) is 22.9. The molecule has 0 heterocycles. The maximum atomic E-state index is 4.09. The van der Waals surface area contributed by atoms with Crippen LogP contribution in [0.25, 0.3) is 0 Å². The Hall–Kier alpha value is 3.14. The van der Waals surface area contributed by atoms with E-state index >= 15 is 0 Å². The number of rotatable bonds is 1. The quantitative estimate of drug-likeness (QED) is 0.181. The normalized spacial score (nSPS) is 9.28. The second-order valence-electron chi connectivity index (χ2n) is 21.7. The molecule has 0 aromatic carbocycles. The molecule has 0 spiro atoms. The molecule has 0 saturated carbocycles. The van der Waals surface area contributed by atoms with Gasteiger partial charge >= 0.3 is 18.6 Å². The van der Waals surface area contributed by atoms with Crippen LogP contribution in [0.15, 0.2) is 36.5 Å². The summed E-state index contributed by atoms with van der Waals surface area (Å²) >= 11 is 0. The molecule has 0 amide bonds. The molecule has 0 nitrogen and oxygen atoms in total. The van der Waals surface area contributed by atoms with Gasteiger partial charge in [-0.3, -0.25) is 12.2 Å². The van der Waals surface area contributed by atoms with Crippen LogP contribution in [0.5, 0.6) is 0 Å². The van der Waals surface area contributed by atoms with Crippen LogP contribution < -0.4 is 0 Å². The first kappa shape index (κ1) is 144. The maximum absolute atomic E-state index is 4.09. The molecule has 64 heavy (non-hydrogen) atoms. The number of hydrogen-bond acceptors (Lipinski definition) is 0. The Morgan fingerprint density at radius 1 is 0.422 bits per heavy atom. The average Bonchev–Trinajstić information content (AvgIpc) is 2.72. The van der Waals surface area contributed by atoms with E-state index in [1.54, 1.807) is 0 Å². The van der Waals surface area contributed by atoms with Crippen molar-refractivity contribution in [3.63, 3.8) is 0 Å². The third-order valence-corrected chi connectivity index (χ3v) is 4.39. The molecule has 0 atom stereocenters. The smallest absolute Gasteiger partial charge is 0.498 e. The van der Waals surface area contributed by atoms with Gasteiger partial charge in [-0.1, -0.05) is 182 Å². The van der Waals surface area contributed by atoms with Crippen LogP contribution in [-0.4, -0.2) is 0 Å². The van der Waals surface area contributed by atoms with E-state index in [4.69, 9.17) is 0 Å². The first-order valence-electron chi connectivity index (χ1n) is 18.7. The van der Waals surface area contributed by atoms with Gasteiger partial charge in [-0.05, 0) is 27.4 Å². The van der Waals surface area contributed by atoms with Crippen LogP contribution in [0.1, 0.15) is 252 Å². The summed E-state index contributed by atoms with van der Waals surface area (Å²) in [5.41, 5.74) is 4.86. The summed E-state index contributed by atoms with van der Waals surface area (Å²) in [7, 11) is 0. The zero-order valence-corrected chi connectivity index (χ0v) is 61.2. The van der Waals surface area contributed by atoms with Crippen LogP contribution in [-0.2, 0) is 97.8 Å². The van der Waals surface area contributed by atoms with Crippen LogP contribution >= 0.6 is 0 Å². The minimum atomic E-state index is 0. The van der Waals surface area contributed by atoms with E-state index in [2.05, 4.69) is 253 Å². The van der Waals surface area contributed by atoms with Gasteiger partial charge in [0.05, 0.1) is 0 Å². The first-order valence-corrected chi connectivity index (χ1v) is 18.7. The molecule has 0 bridgehead atoms. The maximum Gasteiger partial charge on any atom is 2.00 e. The average molecular weight is 1590 g/mol. The molecule has 0 unspecified atom stereocenters. The second-order valence-corrected chi connectivity index (χ2v) is 21.7. The summed E-state index contributed by atoms with van der Waals surface area (Å²) in [6.45, 7) is 81.3. The van der Waals surface area contributed by atoms with Crippen molar-refractivity contribution in [2.45, 2.75) is 252 Å². The van der Waals surface area contributed by atoms with Crippen molar-refractivity contribution < 1.29 is 129 Å². The van der Waals surface area contributed by atoms with Crippen molar-refractivity contribution in [3.8, 4) is 0 Å². The summed E-state index contributed by atoms with van der Waals surface area (Å²) in [4.78, 5) is 0. The Morgan fingerprint density at radius 3 is 0.562 bits per heavy atom. The molecular formula is C58H130UV3W2-8. The standard InChI is InChI=1S/C12H22.C11H21.C6H11.C5H11.4C4H9.5CH4.3CH3.U.3V.2W/c1-9(11(3,4)5)10(2)12(6,7)8;1-9(11(5,6)7)8-10(2,3)4;1-5-6(2,3)4;1-5(2,3)4;4*1-4(2)3;;;;;;;;;;;;;;/h1-2H2,3-8H3;1-7H3;1H2,2-4H3;1H2,2-4H3;4*1-3H3;5*1H4;3*1H3;;;;;;/q;7*-1;;;;;;3*-1;;;;+2;;. The summed E-state index contributed by atoms with van der Waals surface area (Å²) in [6, 6.07) is 0. The zero-order chi connectivity index (χ0) is 43.5. The van der Waals surface area contributed by atoms with Gasteiger partial charge in [0.2, 0.25) is 0 Å². The van der Waals surface area contributed by atoms with Gasteiger partial charge in [0.1, 0.15) is 0 Å². The van der Waals surface area contributed by atoms with Crippen molar-refractivity contribution in [1.82, 2.24) is 0 Å². The second kappa shape index (κ2) is 72.7. The monoisotopic (exact) mass is 1590 g/mol. The number of hydrogen-bond donors (Lipinski definition) is 0. The Balaban J connectivity index is -0.0000000158. The van der Waals surface area contributed by atoms with Crippen molar-refractivity contribution in [3.05, 3.63) is 101 Å². The fourth-order valence-electron chi connectivity index (χ4n) is 1.66. The fourth-order valence-corrected chi connectivity index (χ4v) is 1.66. The Labute approximate surface area is 509 Å². The molecule has 0 saturated heterocycles. The van der Waals surface area contributed by atoms with Crippen molar-refractivity contribution in [2.75, 3.05) is 0 Å². The van der Waals surface area contributed by atoms with Gasteiger partial charge in [0.25, 0.3) is 0 Å². The van der Waals surface area contributed by atoms with Gasteiger partial charge in [0.15, 0.2) is 0 Å². The minimum Gasteiger partial charge on any atom is -0.498 e. The summed E-state index contributed by atoms with van der Waals surface area (Å²) < 4.78 is 0. The molecule has 3 radical (unpaired) electrons. The van der Waals surface area contributed by atoms with Gasteiger partial charge in [0, 0.05) is 110 Å². The van der Waals surface area contributed by atoms with E-state index in [1.165, 1.54) is 29.2 Å². The Morgan fingerprint density at radius 2 is 0.531 bits per heavy atom. The molecule has 0 fully saturated rings. The van der Waals surface area contributed by atoms with E-state index in [0.29, 0.717) is 0 Å². The molecule has 0 N–H and O–H groups in total. The fraction of sp³-hybridized carbons (Fsp3) is 0.724. The van der Waals surface area contributed by atoms with Crippen molar-refractivity contribution >= 4 is 0 Å². The first-order chi connectivity index (χ1) is 21.2. The third-order valence-electron chi connectivity index (χ3n) is 4.39. The molecule has 0 aromatic heterocycles. The third kappa shape index (κ3) is 244. The molecule has 0 rings (SSSR count). The van der Waals surface area contributed by atoms with E-state index in [1.807, 2.05) is 0 Å². The molecule has 6 heteroatoms. The van der Waals surface area contributed by atoms with E-state index in [-0.39, 0.29) is 221 Å². The van der Waals surface area contributed by atoms with Crippen LogP contribution in [0.2, 0.25) is 0 Å². The minimum absolute atomic E-state index is 0. The Bertz CT molecular complexity index is 765. The summed E-state index contributed by atoms with van der Waals surface area (Å²) in [5, 5.41) is 0. The van der Waals surface area contributed by atoms with E-state index in [0.717, 1.165) is 11.1 Å². The van der Waals surface area contributed by atoms with Gasteiger partial charge in [-0.25, -0.2) is 0 Å². The van der Waals surface area contributed by atoms with Crippen LogP contribution in [0.4, 0.5) is 0 Å². The van der Waals surface area contributed by atoms with Crippen LogP contribution in [0, 0.1) is 129 Å². The Kier molecular flexibility index (Phi) is 164. The van der Waals surface area contributed by atoms with Gasteiger partial charge < -0.3 is 65.0 Å². The van der Waals surface area contributed by atoms with Crippen molar-refractivity contribution in [2.24, 2.45) is 32.5 Å². The zero-order valence-electron chi connectivity index (χ0n) is 47.0. The molecule has 0 aromatic rings. The molecule has 401 valence electrons. The summed E-state index contributed by atoms with van der Waals surface area (Å²) in [5.74, 6) is 5.67. The molecule has 0 aliphatic heterocycles. The van der Waals surface area contributed by atoms with E-state index < -0.39 is 0 Å². The SMILES string of the molecule is C.C.C.C.C.C=C(C(=C)C(C)(C)C)C(C)(C)C.C=[C-]C(C)(C)C.CC(=[C-]C(C)(C)C)C(C)(C)C.C[C-](C)C.C[C-](C)C.C[C-](C)C.C[C-](C)C.[CH2-]C(C)(C)C.[CH3-].[CH3-].[CH3-].[U].[V+2].[V].[V].[W].[W]. The molecule has 0 aliphatic rings. The van der Waals surface area contributed by atoms with Crippen molar-refractivity contribution in [1.29, 1.82) is 0 Å².